The zero-order chi connectivity index (χ0) is 13.8. The third-order valence-electron chi connectivity index (χ3n) is 2.89. The van der Waals surface area contributed by atoms with Crippen molar-refractivity contribution in [3.05, 3.63) is 24.3 Å². The van der Waals surface area contributed by atoms with Crippen molar-refractivity contribution < 1.29 is 4.79 Å². The number of nitrogens with two attached hydrogens (primary N) is 1. The van der Waals surface area contributed by atoms with Crippen LogP contribution in [0.5, 0.6) is 0 Å². The van der Waals surface area contributed by atoms with Gasteiger partial charge in [0.1, 0.15) is 5.82 Å². The summed E-state index contributed by atoms with van der Waals surface area (Å²) >= 11 is 0. The first-order chi connectivity index (χ1) is 9.15. The highest BCUT2D eigenvalue weighted by molar-refractivity contribution is 5.92. The van der Waals surface area contributed by atoms with Crippen molar-refractivity contribution in [1.82, 2.24) is 15.3 Å². The van der Waals surface area contributed by atoms with Crippen molar-refractivity contribution in [1.29, 1.82) is 0 Å². The van der Waals surface area contributed by atoms with Gasteiger partial charge >= 0.3 is 0 Å². The van der Waals surface area contributed by atoms with Gasteiger partial charge in [-0.25, -0.2) is 4.98 Å². The minimum Gasteiger partial charge on any atom is -0.368 e. The largest absolute Gasteiger partial charge is 0.368 e. The molecule has 0 aliphatic heterocycles. The highest BCUT2D eigenvalue weighted by atomic mass is 16.1. The Morgan fingerprint density at radius 2 is 2.11 bits per heavy atom. The number of amides is 1. The summed E-state index contributed by atoms with van der Waals surface area (Å²) in [6, 6.07) is 7.62. The Morgan fingerprint density at radius 3 is 2.79 bits per heavy atom. The molecule has 1 aromatic heterocycles. The number of fused-ring (bicyclic) bond motifs is 1. The van der Waals surface area contributed by atoms with E-state index in [0.717, 1.165) is 10.9 Å². The average Bonchev–Trinajstić information content (AvgIpc) is 2.43. The number of para-hydroxylation sites is 1. The molecule has 2 rings (SSSR count). The molecule has 0 aliphatic rings. The average molecular weight is 259 g/mol. The molecule has 0 atom stereocenters. The van der Waals surface area contributed by atoms with Crippen LogP contribution in [0.4, 0.5) is 11.8 Å². The Balaban J connectivity index is 2.49. The third kappa shape index (κ3) is 2.73. The van der Waals surface area contributed by atoms with Crippen LogP contribution in [0.2, 0.25) is 0 Å². The normalized spacial score (nSPS) is 10.4. The predicted octanol–water partition coefficient (Wildman–Crippen LogP) is 0.784. The fourth-order valence-electron chi connectivity index (χ4n) is 1.91. The molecule has 6 nitrogen and oxygen atoms in total. The van der Waals surface area contributed by atoms with E-state index in [2.05, 4.69) is 15.3 Å². The summed E-state index contributed by atoms with van der Waals surface area (Å²) in [6.07, 6.45) is 0. The molecule has 0 aliphatic carbocycles. The van der Waals surface area contributed by atoms with E-state index in [1.807, 2.05) is 36.1 Å². The maximum Gasteiger partial charge on any atom is 0.239 e. The first-order valence-electron chi connectivity index (χ1n) is 6.13. The van der Waals surface area contributed by atoms with Crippen LogP contribution in [0, 0.1) is 0 Å². The SMILES string of the molecule is CCN(CC(=O)NC)c1nc(N)nc2ccccc12. The lowest BCUT2D eigenvalue weighted by Crippen LogP contribution is -2.36. The highest BCUT2D eigenvalue weighted by Gasteiger charge is 2.14. The van der Waals surface area contributed by atoms with Crippen molar-refractivity contribution in [2.45, 2.75) is 6.92 Å². The van der Waals surface area contributed by atoms with E-state index in [0.29, 0.717) is 12.4 Å². The van der Waals surface area contributed by atoms with Crippen LogP contribution in [0.15, 0.2) is 24.3 Å². The molecule has 3 N–H and O–H groups in total. The van der Waals surface area contributed by atoms with E-state index >= 15 is 0 Å². The number of nitrogens with one attached hydrogen (secondary N) is 1. The molecule has 1 heterocycles. The number of aromatic nitrogens is 2. The molecule has 0 bridgehead atoms. The number of hydrogen-bond donors (Lipinski definition) is 2. The first kappa shape index (κ1) is 13.1. The molecule has 0 saturated carbocycles. The van der Waals surface area contributed by atoms with Gasteiger partial charge in [0, 0.05) is 19.0 Å². The van der Waals surface area contributed by atoms with E-state index in [4.69, 9.17) is 5.73 Å². The fraction of sp³-hybridized carbons (Fsp3) is 0.308. The molecule has 100 valence electrons. The molecule has 0 saturated heterocycles. The Labute approximate surface area is 111 Å². The second kappa shape index (κ2) is 5.51. The fourth-order valence-corrected chi connectivity index (χ4v) is 1.91. The third-order valence-corrected chi connectivity index (χ3v) is 2.89. The van der Waals surface area contributed by atoms with E-state index in [9.17, 15) is 4.79 Å². The molecule has 0 unspecified atom stereocenters. The van der Waals surface area contributed by atoms with Crippen LogP contribution in [0.3, 0.4) is 0 Å². The van der Waals surface area contributed by atoms with Gasteiger partial charge in [0.2, 0.25) is 11.9 Å². The number of nitrogens with zero attached hydrogens (tertiary/aromatic N) is 3. The van der Waals surface area contributed by atoms with Crippen LogP contribution >= 0.6 is 0 Å². The van der Waals surface area contributed by atoms with Crippen molar-refractivity contribution in [3.8, 4) is 0 Å². The molecule has 0 spiro atoms. The van der Waals surface area contributed by atoms with Gasteiger partial charge in [-0.2, -0.15) is 4.98 Å². The van der Waals surface area contributed by atoms with Crippen LogP contribution in [-0.4, -0.2) is 36.0 Å². The second-order valence-electron chi connectivity index (χ2n) is 4.11. The van der Waals surface area contributed by atoms with Crippen molar-refractivity contribution >= 4 is 28.6 Å². The van der Waals surface area contributed by atoms with Crippen molar-refractivity contribution in [2.75, 3.05) is 30.8 Å². The highest BCUT2D eigenvalue weighted by Crippen LogP contribution is 2.24. The summed E-state index contributed by atoms with van der Waals surface area (Å²) in [5.74, 6) is 0.835. The molecule has 1 amide bonds. The van der Waals surface area contributed by atoms with Gasteiger partial charge in [-0.05, 0) is 19.1 Å². The topological polar surface area (TPSA) is 84.1 Å². The van der Waals surface area contributed by atoms with Gasteiger partial charge in [-0.1, -0.05) is 12.1 Å². The Hall–Kier alpha value is -2.37. The number of rotatable bonds is 4. The van der Waals surface area contributed by atoms with Gasteiger partial charge < -0.3 is 16.0 Å². The van der Waals surface area contributed by atoms with E-state index < -0.39 is 0 Å². The van der Waals surface area contributed by atoms with Crippen LogP contribution in [-0.2, 0) is 4.79 Å². The van der Waals surface area contributed by atoms with Crippen LogP contribution in [0.1, 0.15) is 6.92 Å². The van der Waals surface area contributed by atoms with Crippen LogP contribution < -0.4 is 16.0 Å². The van der Waals surface area contributed by atoms with Gasteiger partial charge in [0.25, 0.3) is 0 Å². The quantitative estimate of drug-likeness (QED) is 0.847. The van der Waals surface area contributed by atoms with Crippen LogP contribution in [0.25, 0.3) is 10.9 Å². The summed E-state index contributed by atoms with van der Waals surface area (Å²) in [7, 11) is 1.61. The lowest BCUT2D eigenvalue weighted by atomic mass is 10.2. The molecular formula is C13H17N5O. The van der Waals surface area contributed by atoms with Gasteiger partial charge in [-0.3, -0.25) is 4.79 Å². The number of carbonyl (C=O) groups excluding carboxylic acids is 1. The molecule has 19 heavy (non-hydrogen) atoms. The lowest BCUT2D eigenvalue weighted by molar-refractivity contribution is -0.119. The number of benzene rings is 1. The molecule has 6 heteroatoms. The predicted molar refractivity (Wildman–Crippen MR) is 75.9 cm³/mol. The Kier molecular flexibility index (Phi) is 3.79. The standard InChI is InChI=1S/C13H17N5O/c1-3-18(8-11(19)15-2)12-9-6-4-5-7-10(9)16-13(14)17-12/h4-7H,3,8H2,1-2H3,(H,15,19)(H2,14,16,17). The number of anilines is 2. The van der Waals surface area contributed by atoms with Gasteiger partial charge in [-0.15, -0.1) is 0 Å². The maximum atomic E-state index is 11.5. The second-order valence-corrected chi connectivity index (χ2v) is 4.11. The number of nitrogen functional groups attached to an aromatic ring is 1. The maximum absolute atomic E-state index is 11.5. The van der Waals surface area contributed by atoms with E-state index in [-0.39, 0.29) is 18.4 Å². The monoisotopic (exact) mass is 259 g/mol. The number of hydrogen-bond acceptors (Lipinski definition) is 5. The van der Waals surface area contributed by atoms with Crippen molar-refractivity contribution in [2.24, 2.45) is 0 Å². The lowest BCUT2D eigenvalue weighted by Gasteiger charge is -2.22. The summed E-state index contributed by atoms with van der Waals surface area (Å²) < 4.78 is 0. The summed E-state index contributed by atoms with van der Waals surface area (Å²) in [6.45, 7) is 2.87. The van der Waals surface area contributed by atoms with E-state index in [1.54, 1.807) is 7.05 Å². The van der Waals surface area contributed by atoms with Gasteiger partial charge in [0.15, 0.2) is 0 Å². The minimum absolute atomic E-state index is 0.0666. The molecule has 2 aromatic rings. The summed E-state index contributed by atoms with van der Waals surface area (Å²) in [5.41, 5.74) is 6.51. The number of likely N-dealkylation sites (N-methyl/N-ethyl adjacent to an activating group) is 2. The molecular weight excluding hydrogens is 242 g/mol. The minimum atomic E-state index is -0.0666. The Morgan fingerprint density at radius 1 is 1.37 bits per heavy atom. The zero-order valence-electron chi connectivity index (χ0n) is 11.1. The summed E-state index contributed by atoms with van der Waals surface area (Å²) in [5, 5.41) is 3.50. The first-order valence-corrected chi connectivity index (χ1v) is 6.13. The molecule has 1 aromatic carbocycles. The number of carbonyl (C=O) groups is 1. The zero-order valence-corrected chi connectivity index (χ0v) is 11.1. The van der Waals surface area contributed by atoms with E-state index in [1.165, 1.54) is 0 Å². The van der Waals surface area contributed by atoms with Gasteiger partial charge in [0.05, 0.1) is 12.1 Å². The van der Waals surface area contributed by atoms with Crippen molar-refractivity contribution in [3.63, 3.8) is 0 Å². The molecule has 0 fully saturated rings. The smallest absolute Gasteiger partial charge is 0.239 e. The molecule has 0 radical (unpaired) electrons. The summed E-state index contributed by atoms with van der Waals surface area (Å²) in [4.78, 5) is 21.9. The Bertz CT molecular complexity index is 599.